The summed E-state index contributed by atoms with van der Waals surface area (Å²) < 4.78 is 0. The number of nitrogens with one attached hydrogen (secondary N) is 2. The molecule has 2 N–H and O–H groups in total. The first-order valence-electron chi connectivity index (χ1n) is 5.54. The Morgan fingerprint density at radius 3 is 2.24 bits per heavy atom. The highest BCUT2D eigenvalue weighted by Crippen LogP contribution is 2.17. The van der Waals surface area contributed by atoms with E-state index >= 15 is 0 Å². The van der Waals surface area contributed by atoms with Crippen LogP contribution in [0.2, 0.25) is 0 Å². The number of aryl methyl sites for hydroxylation is 2. The minimum absolute atomic E-state index is 0.742. The van der Waals surface area contributed by atoms with E-state index in [2.05, 4.69) is 39.7 Å². The molecule has 1 aromatic carbocycles. The molecule has 0 spiro atoms. The van der Waals surface area contributed by atoms with Gasteiger partial charge in [-0.2, -0.15) is 0 Å². The zero-order chi connectivity index (χ0) is 12.3. The quantitative estimate of drug-likeness (QED) is 0.848. The van der Waals surface area contributed by atoms with Crippen LogP contribution in [0.3, 0.4) is 0 Å². The first-order chi connectivity index (χ1) is 8.17. The first-order valence-corrected chi connectivity index (χ1v) is 5.54. The molecule has 0 saturated carbocycles. The fourth-order valence-electron chi connectivity index (χ4n) is 1.54. The van der Waals surface area contributed by atoms with E-state index in [1.165, 1.54) is 5.56 Å². The molecule has 0 radical (unpaired) electrons. The molecular formula is C13H16N4. The van der Waals surface area contributed by atoms with Gasteiger partial charge >= 0.3 is 0 Å². The van der Waals surface area contributed by atoms with Crippen LogP contribution >= 0.6 is 0 Å². The van der Waals surface area contributed by atoms with E-state index in [9.17, 15) is 0 Å². The Balaban J connectivity index is 2.23. The Labute approximate surface area is 101 Å². The van der Waals surface area contributed by atoms with Crippen molar-refractivity contribution in [2.75, 3.05) is 17.7 Å². The smallest absolute Gasteiger partial charge is 0.136 e. The summed E-state index contributed by atoms with van der Waals surface area (Å²) in [4.78, 5) is 8.58. The van der Waals surface area contributed by atoms with Gasteiger partial charge in [-0.1, -0.05) is 17.7 Å². The fourth-order valence-corrected chi connectivity index (χ4v) is 1.54. The second kappa shape index (κ2) is 4.82. The van der Waals surface area contributed by atoms with E-state index in [1.807, 2.05) is 32.2 Å². The SMILES string of the molecule is CNc1cc(Nc2ccc(C)cc2)nc(C)n1. The molecule has 2 rings (SSSR count). The van der Waals surface area contributed by atoms with Gasteiger partial charge in [0.2, 0.25) is 0 Å². The van der Waals surface area contributed by atoms with Gasteiger partial charge in [-0.05, 0) is 26.0 Å². The summed E-state index contributed by atoms with van der Waals surface area (Å²) in [6.45, 7) is 3.94. The molecule has 0 fully saturated rings. The summed E-state index contributed by atoms with van der Waals surface area (Å²) in [5.74, 6) is 2.35. The molecule has 4 nitrogen and oxygen atoms in total. The molecule has 4 heteroatoms. The molecule has 1 aromatic heterocycles. The van der Waals surface area contributed by atoms with Gasteiger partial charge in [0, 0.05) is 18.8 Å². The van der Waals surface area contributed by atoms with E-state index in [1.54, 1.807) is 0 Å². The van der Waals surface area contributed by atoms with Crippen molar-refractivity contribution < 1.29 is 0 Å². The van der Waals surface area contributed by atoms with Crippen LogP contribution in [-0.4, -0.2) is 17.0 Å². The van der Waals surface area contributed by atoms with Crippen molar-refractivity contribution in [3.05, 3.63) is 41.7 Å². The Bertz CT molecular complexity index is 505. The molecule has 0 amide bonds. The monoisotopic (exact) mass is 228 g/mol. The first kappa shape index (κ1) is 11.4. The fraction of sp³-hybridized carbons (Fsp3) is 0.231. The topological polar surface area (TPSA) is 49.8 Å². The number of hydrogen-bond donors (Lipinski definition) is 2. The van der Waals surface area contributed by atoms with Crippen LogP contribution in [0.4, 0.5) is 17.3 Å². The highest BCUT2D eigenvalue weighted by molar-refractivity contribution is 5.59. The maximum Gasteiger partial charge on any atom is 0.136 e. The van der Waals surface area contributed by atoms with Gasteiger partial charge in [-0.15, -0.1) is 0 Å². The summed E-state index contributed by atoms with van der Waals surface area (Å²) in [6, 6.07) is 10.1. The van der Waals surface area contributed by atoms with Gasteiger partial charge in [0.25, 0.3) is 0 Å². The normalized spacial score (nSPS) is 10.1. The van der Waals surface area contributed by atoms with Gasteiger partial charge in [-0.3, -0.25) is 0 Å². The minimum atomic E-state index is 0.742. The van der Waals surface area contributed by atoms with E-state index in [-0.39, 0.29) is 0 Å². The average Bonchev–Trinajstić information content (AvgIpc) is 2.31. The zero-order valence-corrected chi connectivity index (χ0v) is 10.3. The molecule has 0 aliphatic carbocycles. The molecule has 0 unspecified atom stereocenters. The lowest BCUT2D eigenvalue weighted by molar-refractivity contribution is 1.06. The zero-order valence-electron chi connectivity index (χ0n) is 10.3. The number of benzene rings is 1. The van der Waals surface area contributed by atoms with E-state index < -0.39 is 0 Å². The standard InChI is InChI=1S/C13H16N4/c1-9-4-6-11(7-5-9)17-13-8-12(14-3)15-10(2)16-13/h4-8H,1-3H3,(H2,14,15,16,17). The van der Waals surface area contributed by atoms with Crippen molar-refractivity contribution >= 4 is 17.3 Å². The summed E-state index contributed by atoms with van der Waals surface area (Å²) in [6.07, 6.45) is 0. The van der Waals surface area contributed by atoms with Crippen molar-refractivity contribution in [2.24, 2.45) is 0 Å². The molecule has 2 aromatic rings. The molecule has 17 heavy (non-hydrogen) atoms. The third-order valence-corrected chi connectivity index (χ3v) is 2.42. The lowest BCUT2D eigenvalue weighted by Crippen LogP contribution is -2.01. The van der Waals surface area contributed by atoms with Crippen LogP contribution in [0.1, 0.15) is 11.4 Å². The largest absolute Gasteiger partial charge is 0.373 e. The van der Waals surface area contributed by atoms with E-state index in [0.29, 0.717) is 0 Å². The van der Waals surface area contributed by atoms with Gasteiger partial charge in [0.1, 0.15) is 17.5 Å². The molecule has 1 heterocycles. The minimum Gasteiger partial charge on any atom is -0.373 e. The molecule has 0 saturated heterocycles. The summed E-state index contributed by atoms with van der Waals surface area (Å²) >= 11 is 0. The maximum atomic E-state index is 4.34. The second-order valence-electron chi connectivity index (χ2n) is 3.93. The summed E-state index contributed by atoms with van der Waals surface area (Å²) in [5, 5.41) is 6.27. The Hall–Kier alpha value is -2.10. The van der Waals surface area contributed by atoms with Crippen molar-refractivity contribution in [3.63, 3.8) is 0 Å². The molecule has 0 atom stereocenters. The predicted octanol–water partition coefficient (Wildman–Crippen LogP) is 2.88. The Morgan fingerprint density at radius 2 is 1.59 bits per heavy atom. The van der Waals surface area contributed by atoms with Crippen LogP contribution in [0, 0.1) is 13.8 Å². The third-order valence-electron chi connectivity index (χ3n) is 2.42. The van der Waals surface area contributed by atoms with Crippen LogP contribution in [0.5, 0.6) is 0 Å². The predicted molar refractivity (Wildman–Crippen MR) is 70.8 cm³/mol. The van der Waals surface area contributed by atoms with Crippen molar-refractivity contribution in [1.29, 1.82) is 0 Å². The van der Waals surface area contributed by atoms with Crippen LogP contribution in [0.15, 0.2) is 30.3 Å². The van der Waals surface area contributed by atoms with Crippen molar-refractivity contribution in [1.82, 2.24) is 9.97 Å². The van der Waals surface area contributed by atoms with Gasteiger partial charge in [0.15, 0.2) is 0 Å². The highest BCUT2D eigenvalue weighted by Gasteiger charge is 2.00. The highest BCUT2D eigenvalue weighted by atomic mass is 15.1. The lowest BCUT2D eigenvalue weighted by Gasteiger charge is -2.08. The van der Waals surface area contributed by atoms with Crippen LogP contribution in [-0.2, 0) is 0 Å². The van der Waals surface area contributed by atoms with Crippen molar-refractivity contribution in [3.8, 4) is 0 Å². The Kier molecular flexibility index (Phi) is 3.23. The van der Waals surface area contributed by atoms with Gasteiger partial charge in [-0.25, -0.2) is 9.97 Å². The molecule has 88 valence electrons. The number of anilines is 3. The maximum absolute atomic E-state index is 4.34. The van der Waals surface area contributed by atoms with E-state index in [4.69, 9.17) is 0 Å². The number of hydrogen-bond acceptors (Lipinski definition) is 4. The average molecular weight is 228 g/mol. The molecular weight excluding hydrogens is 212 g/mol. The van der Waals surface area contributed by atoms with Crippen LogP contribution < -0.4 is 10.6 Å². The summed E-state index contributed by atoms with van der Waals surface area (Å²) in [7, 11) is 1.84. The summed E-state index contributed by atoms with van der Waals surface area (Å²) in [5.41, 5.74) is 2.26. The Morgan fingerprint density at radius 1 is 0.941 bits per heavy atom. The van der Waals surface area contributed by atoms with Crippen molar-refractivity contribution in [2.45, 2.75) is 13.8 Å². The van der Waals surface area contributed by atoms with Gasteiger partial charge < -0.3 is 10.6 Å². The van der Waals surface area contributed by atoms with Gasteiger partial charge in [0.05, 0.1) is 0 Å². The lowest BCUT2D eigenvalue weighted by atomic mass is 10.2. The molecule has 0 aliphatic rings. The number of rotatable bonds is 3. The third kappa shape index (κ3) is 2.93. The second-order valence-corrected chi connectivity index (χ2v) is 3.93. The number of nitrogens with zero attached hydrogens (tertiary/aromatic N) is 2. The van der Waals surface area contributed by atoms with Crippen LogP contribution in [0.25, 0.3) is 0 Å². The number of aromatic nitrogens is 2. The molecule has 0 aliphatic heterocycles. The van der Waals surface area contributed by atoms with E-state index in [0.717, 1.165) is 23.1 Å². The molecule has 0 bridgehead atoms.